The number of para-hydroxylation sites is 1. The molecule has 39 heavy (non-hydrogen) atoms. The van der Waals surface area contributed by atoms with Crippen LogP contribution in [-0.4, -0.2) is 0 Å². The van der Waals surface area contributed by atoms with Gasteiger partial charge in [0.1, 0.15) is 11.2 Å². The Bertz CT molecular complexity index is 2680. The van der Waals surface area contributed by atoms with Crippen molar-refractivity contribution in [2.45, 2.75) is 0 Å². The van der Waals surface area contributed by atoms with E-state index in [1.807, 2.05) is 54.6 Å². The summed E-state index contributed by atoms with van der Waals surface area (Å²) in [5.74, 6) is 0. The predicted octanol–water partition coefficient (Wildman–Crippen LogP) is 10.9. The molecule has 0 aliphatic rings. The Balaban J connectivity index is 1.63. The van der Waals surface area contributed by atoms with Gasteiger partial charge >= 0.3 is 0 Å². The van der Waals surface area contributed by atoms with Crippen LogP contribution in [0.4, 0.5) is 0 Å². The molecule has 0 aliphatic heterocycles. The van der Waals surface area contributed by atoms with Gasteiger partial charge in [-0.1, -0.05) is 127 Å². The zero-order valence-corrected chi connectivity index (χ0v) is 20.4. The van der Waals surface area contributed by atoms with Gasteiger partial charge in [-0.15, -0.1) is 0 Å². The highest BCUT2D eigenvalue weighted by molar-refractivity contribution is 6.23. The standard InChI is InChI=1S/C38H24O/c1-3-13-25(14-4-1)32-23-33-27-17-11-12-22-35(27)39-36(33)24-34(32)38-30-20-9-7-18-28(30)37(26-15-5-2-6-16-26)29-19-8-10-21-31(29)38/h1-24H/i2D,5D,6D,11D,12D,15D,16D,17D,22D,23D,24D. The van der Waals surface area contributed by atoms with E-state index in [4.69, 9.17) is 16.8 Å². The maximum absolute atomic E-state index is 9.74. The Labute approximate surface area is 242 Å². The van der Waals surface area contributed by atoms with E-state index in [0.29, 0.717) is 49.4 Å². The fraction of sp³-hybridized carbons (Fsp3) is 0. The molecule has 0 saturated heterocycles. The second-order valence-electron chi connectivity index (χ2n) is 9.22. The largest absolute Gasteiger partial charge is 0.456 e. The molecule has 8 aromatic rings. The summed E-state index contributed by atoms with van der Waals surface area (Å²) in [6.07, 6.45) is 0. The van der Waals surface area contributed by atoms with E-state index in [1.54, 1.807) is 24.3 Å². The molecule has 0 radical (unpaired) electrons. The Kier molecular flexibility index (Phi) is 3.04. The van der Waals surface area contributed by atoms with E-state index >= 15 is 0 Å². The van der Waals surface area contributed by atoms with Crippen molar-refractivity contribution in [2.24, 2.45) is 0 Å². The van der Waals surface area contributed by atoms with E-state index in [0.717, 1.165) is 0 Å². The lowest BCUT2D eigenvalue weighted by atomic mass is 9.83. The Morgan fingerprint density at radius 1 is 0.410 bits per heavy atom. The Morgan fingerprint density at radius 3 is 1.69 bits per heavy atom. The minimum atomic E-state index is -0.496. The van der Waals surface area contributed by atoms with Gasteiger partial charge in [0.15, 0.2) is 0 Å². The average Bonchev–Trinajstić information content (AvgIpc) is 3.55. The van der Waals surface area contributed by atoms with Crippen molar-refractivity contribution in [1.29, 1.82) is 0 Å². The highest BCUT2D eigenvalue weighted by atomic mass is 16.3. The first-order valence-corrected chi connectivity index (χ1v) is 12.5. The quantitative estimate of drug-likeness (QED) is 0.217. The fourth-order valence-electron chi connectivity index (χ4n) is 5.44. The number of hydrogen-bond acceptors (Lipinski definition) is 1. The van der Waals surface area contributed by atoms with E-state index in [1.165, 1.54) is 0 Å². The molecule has 182 valence electrons. The Morgan fingerprint density at radius 2 is 1.00 bits per heavy atom. The van der Waals surface area contributed by atoms with Crippen LogP contribution >= 0.6 is 0 Å². The highest BCUT2D eigenvalue weighted by Gasteiger charge is 2.20. The highest BCUT2D eigenvalue weighted by Crippen LogP contribution is 2.47. The summed E-state index contributed by atoms with van der Waals surface area (Å²) in [4.78, 5) is 0. The molecule has 0 unspecified atom stereocenters. The van der Waals surface area contributed by atoms with Crippen LogP contribution in [0.25, 0.3) is 76.9 Å². The zero-order chi connectivity index (χ0) is 35.3. The predicted molar refractivity (Wildman–Crippen MR) is 165 cm³/mol. The molecule has 0 N–H and O–H groups in total. The third kappa shape index (κ3) is 3.41. The van der Waals surface area contributed by atoms with Crippen molar-refractivity contribution in [3.8, 4) is 33.4 Å². The SMILES string of the molecule is [2H]c1c([2H])c([2H])c(-c2c3ccccc3c(-c3c(-c4ccccc4)c([2H])c4c(oc5c([2H])c([2H])c([2H])c([2H])c54)c3[2H])c3ccccc23)c([2H])c1[2H]. The van der Waals surface area contributed by atoms with E-state index in [9.17, 15) is 2.74 Å². The molecule has 8 rings (SSSR count). The van der Waals surface area contributed by atoms with Crippen LogP contribution in [0.3, 0.4) is 0 Å². The first-order chi connectivity index (χ1) is 24.0. The smallest absolute Gasteiger partial charge is 0.136 e. The monoisotopic (exact) mass is 507 g/mol. The Hall–Kier alpha value is -5.14. The number of furan rings is 1. The molecule has 0 saturated carbocycles. The second-order valence-corrected chi connectivity index (χ2v) is 9.22. The van der Waals surface area contributed by atoms with Crippen molar-refractivity contribution in [3.05, 3.63) is 145 Å². The topological polar surface area (TPSA) is 13.1 Å². The van der Waals surface area contributed by atoms with Crippen molar-refractivity contribution in [1.82, 2.24) is 0 Å². The molecule has 7 aromatic carbocycles. The third-order valence-corrected chi connectivity index (χ3v) is 7.07. The molecule has 1 heteroatoms. The molecule has 1 aromatic heterocycles. The van der Waals surface area contributed by atoms with Crippen LogP contribution in [-0.2, 0) is 0 Å². The summed E-state index contributed by atoms with van der Waals surface area (Å²) in [6.45, 7) is 0. The van der Waals surface area contributed by atoms with Gasteiger partial charge in [-0.2, -0.15) is 0 Å². The number of benzene rings is 7. The summed E-state index contributed by atoms with van der Waals surface area (Å²) in [6, 6.07) is 19.5. The van der Waals surface area contributed by atoms with Gasteiger partial charge in [0.05, 0.1) is 15.1 Å². The van der Waals surface area contributed by atoms with Gasteiger partial charge in [0.2, 0.25) is 0 Å². The van der Waals surface area contributed by atoms with Gasteiger partial charge in [0, 0.05) is 10.8 Å². The summed E-state index contributed by atoms with van der Waals surface area (Å²) >= 11 is 0. The van der Waals surface area contributed by atoms with Crippen LogP contribution in [0, 0.1) is 0 Å². The van der Waals surface area contributed by atoms with Gasteiger partial charge in [-0.3, -0.25) is 0 Å². The number of hydrogen-bond donors (Lipinski definition) is 0. The molecular formula is C38H24O. The molecule has 0 aliphatic carbocycles. The number of fused-ring (bicyclic) bond motifs is 5. The minimum Gasteiger partial charge on any atom is -0.456 e. The lowest BCUT2D eigenvalue weighted by molar-refractivity contribution is 0.669. The lowest BCUT2D eigenvalue weighted by Gasteiger charge is -2.19. The van der Waals surface area contributed by atoms with Crippen molar-refractivity contribution in [2.75, 3.05) is 0 Å². The molecule has 1 nitrogen and oxygen atoms in total. The molecule has 0 amide bonds. The fourth-order valence-corrected chi connectivity index (χ4v) is 5.44. The maximum atomic E-state index is 9.74. The normalized spacial score (nSPS) is 15.5. The van der Waals surface area contributed by atoms with Gasteiger partial charge in [-0.05, 0) is 73.1 Å². The number of rotatable bonds is 3. The first kappa shape index (κ1) is 13.6. The third-order valence-electron chi connectivity index (χ3n) is 7.07. The minimum absolute atomic E-state index is 0.0273. The van der Waals surface area contributed by atoms with Gasteiger partial charge < -0.3 is 4.42 Å². The molecule has 0 spiro atoms. The van der Waals surface area contributed by atoms with Gasteiger partial charge in [-0.25, -0.2) is 0 Å². The van der Waals surface area contributed by atoms with E-state index < -0.39 is 36.3 Å². The zero-order valence-electron chi connectivity index (χ0n) is 31.4. The van der Waals surface area contributed by atoms with Crippen LogP contribution in [0.2, 0.25) is 0 Å². The van der Waals surface area contributed by atoms with Crippen LogP contribution < -0.4 is 0 Å². The van der Waals surface area contributed by atoms with E-state index in [-0.39, 0.29) is 57.7 Å². The van der Waals surface area contributed by atoms with Crippen molar-refractivity contribution in [3.63, 3.8) is 0 Å². The summed E-state index contributed by atoms with van der Waals surface area (Å²) in [5, 5.41) is 2.45. The average molecular weight is 508 g/mol. The summed E-state index contributed by atoms with van der Waals surface area (Å²) in [7, 11) is 0. The molecule has 0 atom stereocenters. The second kappa shape index (κ2) is 8.72. The maximum Gasteiger partial charge on any atom is 0.136 e. The van der Waals surface area contributed by atoms with Crippen molar-refractivity contribution >= 4 is 43.5 Å². The molecule has 1 heterocycles. The molecule has 0 fully saturated rings. The lowest BCUT2D eigenvalue weighted by Crippen LogP contribution is -1.93. The van der Waals surface area contributed by atoms with Crippen LogP contribution in [0.5, 0.6) is 0 Å². The summed E-state index contributed by atoms with van der Waals surface area (Å²) in [5.41, 5.74) is 2.09. The van der Waals surface area contributed by atoms with Crippen LogP contribution in [0.1, 0.15) is 15.1 Å². The van der Waals surface area contributed by atoms with Gasteiger partial charge in [0.25, 0.3) is 0 Å². The molecular weight excluding hydrogens is 472 g/mol. The summed E-state index contributed by atoms with van der Waals surface area (Å²) < 4.78 is 102. The first-order valence-electron chi connectivity index (χ1n) is 18.0. The van der Waals surface area contributed by atoms with Crippen molar-refractivity contribution < 1.29 is 19.5 Å². The van der Waals surface area contributed by atoms with Crippen LogP contribution in [0.15, 0.2) is 150 Å². The van der Waals surface area contributed by atoms with E-state index in [2.05, 4.69) is 0 Å². The molecule has 0 bridgehead atoms.